The quantitative estimate of drug-likeness (QED) is 0.663. The zero-order valence-corrected chi connectivity index (χ0v) is 11.7. The molecule has 1 N–H and O–H groups in total. The first-order chi connectivity index (χ1) is 9.58. The van der Waals surface area contributed by atoms with Crippen LogP contribution in [-0.4, -0.2) is 11.5 Å². The molecule has 4 heteroatoms. The minimum Gasteiger partial charge on any atom is -0.379 e. The van der Waals surface area contributed by atoms with Gasteiger partial charge in [0.05, 0.1) is 4.92 Å². The van der Waals surface area contributed by atoms with Crippen molar-refractivity contribution >= 4 is 11.4 Å². The molecule has 0 aromatic heterocycles. The number of nitrogens with zero attached hydrogens (tertiary/aromatic N) is 1. The van der Waals surface area contributed by atoms with E-state index in [-0.39, 0.29) is 10.6 Å². The van der Waals surface area contributed by atoms with Crippen LogP contribution >= 0.6 is 0 Å². The van der Waals surface area contributed by atoms with E-state index in [1.54, 1.807) is 12.1 Å². The Kier molecular flexibility index (Phi) is 4.35. The summed E-state index contributed by atoms with van der Waals surface area (Å²) in [5, 5.41) is 14.2. The zero-order valence-electron chi connectivity index (χ0n) is 11.7. The van der Waals surface area contributed by atoms with Gasteiger partial charge >= 0.3 is 0 Å². The fraction of sp³-hybridized carbons (Fsp3) is 0.250. The van der Waals surface area contributed by atoms with Crippen LogP contribution < -0.4 is 5.32 Å². The van der Waals surface area contributed by atoms with Gasteiger partial charge in [-0.3, -0.25) is 10.1 Å². The molecule has 0 saturated heterocycles. The van der Waals surface area contributed by atoms with Gasteiger partial charge in [0.2, 0.25) is 0 Å². The summed E-state index contributed by atoms with van der Waals surface area (Å²) in [7, 11) is 0. The highest BCUT2D eigenvalue weighted by Gasteiger charge is 2.12. The molecule has 0 fully saturated rings. The fourth-order valence-electron chi connectivity index (χ4n) is 2.17. The summed E-state index contributed by atoms with van der Waals surface area (Å²) in [4.78, 5) is 10.6. The molecule has 104 valence electrons. The SMILES string of the molecule is Cc1ccc([N+](=O)[O-])c(NCCc2ccccc2C)c1. The lowest BCUT2D eigenvalue weighted by Gasteiger charge is -2.09. The van der Waals surface area contributed by atoms with Gasteiger partial charge in [0, 0.05) is 12.6 Å². The van der Waals surface area contributed by atoms with Gasteiger partial charge in [-0.05, 0) is 43.0 Å². The van der Waals surface area contributed by atoms with Gasteiger partial charge < -0.3 is 5.32 Å². The van der Waals surface area contributed by atoms with Gasteiger partial charge in [0.25, 0.3) is 5.69 Å². The number of nitrogens with one attached hydrogen (secondary N) is 1. The Hall–Kier alpha value is -2.36. The molecule has 2 rings (SSSR count). The first-order valence-electron chi connectivity index (χ1n) is 6.61. The second-order valence-electron chi connectivity index (χ2n) is 4.88. The minimum atomic E-state index is -0.352. The number of hydrogen-bond acceptors (Lipinski definition) is 3. The van der Waals surface area contributed by atoms with E-state index in [9.17, 15) is 10.1 Å². The Morgan fingerprint density at radius 3 is 2.60 bits per heavy atom. The van der Waals surface area contributed by atoms with Crippen LogP contribution in [-0.2, 0) is 6.42 Å². The third-order valence-electron chi connectivity index (χ3n) is 3.32. The van der Waals surface area contributed by atoms with E-state index < -0.39 is 0 Å². The molecule has 0 aliphatic rings. The molecule has 0 spiro atoms. The van der Waals surface area contributed by atoms with Gasteiger partial charge in [0.1, 0.15) is 5.69 Å². The average Bonchev–Trinajstić information content (AvgIpc) is 2.41. The van der Waals surface area contributed by atoms with Crippen molar-refractivity contribution in [3.05, 3.63) is 69.3 Å². The lowest BCUT2D eigenvalue weighted by molar-refractivity contribution is -0.384. The first-order valence-corrected chi connectivity index (χ1v) is 6.61. The van der Waals surface area contributed by atoms with E-state index in [4.69, 9.17) is 0 Å². The Morgan fingerprint density at radius 1 is 1.15 bits per heavy atom. The van der Waals surface area contributed by atoms with Gasteiger partial charge in [-0.2, -0.15) is 0 Å². The Labute approximate surface area is 118 Å². The molecule has 0 radical (unpaired) electrons. The van der Waals surface area contributed by atoms with Crippen LogP contribution in [0.4, 0.5) is 11.4 Å². The van der Waals surface area contributed by atoms with Crippen molar-refractivity contribution in [3.8, 4) is 0 Å². The van der Waals surface area contributed by atoms with Crippen LogP contribution in [0.3, 0.4) is 0 Å². The normalized spacial score (nSPS) is 10.3. The van der Waals surface area contributed by atoms with Crippen LogP contribution in [0.25, 0.3) is 0 Å². The van der Waals surface area contributed by atoms with E-state index in [1.807, 2.05) is 25.1 Å². The van der Waals surface area contributed by atoms with E-state index in [2.05, 4.69) is 24.4 Å². The largest absolute Gasteiger partial charge is 0.379 e. The summed E-state index contributed by atoms with van der Waals surface area (Å²) in [6, 6.07) is 13.3. The number of nitro benzene ring substituents is 1. The first kappa shape index (κ1) is 14.1. The highest BCUT2D eigenvalue weighted by atomic mass is 16.6. The number of anilines is 1. The van der Waals surface area contributed by atoms with Crippen LogP contribution in [0.2, 0.25) is 0 Å². The Balaban J connectivity index is 2.06. The summed E-state index contributed by atoms with van der Waals surface area (Å²) >= 11 is 0. The predicted molar refractivity (Wildman–Crippen MR) is 81.2 cm³/mol. The smallest absolute Gasteiger partial charge is 0.292 e. The molecule has 20 heavy (non-hydrogen) atoms. The topological polar surface area (TPSA) is 55.2 Å². The molecule has 0 heterocycles. The van der Waals surface area contributed by atoms with Crippen LogP contribution in [0.5, 0.6) is 0 Å². The third kappa shape index (κ3) is 3.35. The maximum atomic E-state index is 11.0. The molecular formula is C16H18N2O2. The highest BCUT2D eigenvalue weighted by Crippen LogP contribution is 2.25. The van der Waals surface area contributed by atoms with Crippen molar-refractivity contribution in [1.82, 2.24) is 0 Å². The number of benzene rings is 2. The van der Waals surface area contributed by atoms with Crippen LogP contribution in [0, 0.1) is 24.0 Å². The summed E-state index contributed by atoms with van der Waals surface area (Å²) < 4.78 is 0. The van der Waals surface area contributed by atoms with Crippen molar-refractivity contribution in [1.29, 1.82) is 0 Å². The molecule has 4 nitrogen and oxygen atoms in total. The fourth-order valence-corrected chi connectivity index (χ4v) is 2.17. The lowest BCUT2D eigenvalue weighted by atomic mass is 10.1. The Bertz CT molecular complexity index is 624. The highest BCUT2D eigenvalue weighted by molar-refractivity contribution is 5.62. The van der Waals surface area contributed by atoms with Gasteiger partial charge in [0.15, 0.2) is 0 Å². The Morgan fingerprint density at radius 2 is 1.90 bits per heavy atom. The second kappa shape index (κ2) is 6.19. The molecule has 0 atom stereocenters. The van der Waals surface area contributed by atoms with Crippen molar-refractivity contribution in [2.45, 2.75) is 20.3 Å². The maximum absolute atomic E-state index is 11.0. The molecule has 2 aromatic rings. The van der Waals surface area contributed by atoms with Gasteiger partial charge in [-0.25, -0.2) is 0 Å². The zero-order chi connectivity index (χ0) is 14.5. The summed E-state index contributed by atoms with van der Waals surface area (Å²) in [6.45, 7) is 4.68. The van der Waals surface area contributed by atoms with E-state index in [0.717, 1.165) is 12.0 Å². The molecule has 0 unspecified atom stereocenters. The monoisotopic (exact) mass is 270 g/mol. The molecule has 0 amide bonds. The predicted octanol–water partition coefficient (Wildman–Crippen LogP) is 3.87. The van der Waals surface area contributed by atoms with E-state index in [1.165, 1.54) is 11.1 Å². The molecule has 0 bridgehead atoms. The summed E-state index contributed by atoms with van der Waals surface area (Å²) in [5.74, 6) is 0. The van der Waals surface area contributed by atoms with Crippen molar-refractivity contribution in [2.75, 3.05) is 11.9 Å². The number of nitro groups is 1. The van der Waals surface area contributed by atoms with E-state index >= 15 is 0 Å². The summed E-state index contributed by atoms with van der Waals surface area (Å²) in [6.07, 6.45) is 0.845. The number of hydrogen-bond donors (Lipinski definition) is 1. The van der Waals surface area contributed by atoms with Crippen LogP contribution in [0.15, 0.2) is 42.5 Å². The lowest BCUT2D eigenvalue weighted by Crippen LogP contribution is -2.07. The third-order valence-corrected chi connectivity index (χ3v) is 3.32. The number of aryl methyl sites for hydroxylation is 2. The van der Waals surface area contributed by atoms with Gasteiger partial charge in [-0.15, -0.1) is 0 Å². The molecule has 0 aliphatic heterocycles. The average molecular weight is 270 g/mol. The maximum Gasteiger partial charge on any atom is 0.292 e. The molecule has 0 aliphatic carbocycles. The molecule has 2 aromatic carbocycles. The van der Waals surface area contributed by atoms with Crippen LogP contribution in [0.1, 0.15) is 16.7 Å². The molecule has 0 saturated carbocycles. The standard InChI is InChI=1S/C16H18N2O2/c1-12-7-8-16(18(19)20)15(11-12)17-10-9-14-6-4-3-5-13(14)2/h3-8,11,17H,9-10H2,1-2H3. The van der Waals surface area contributed by atoms with Crippen molar-refractivity contribution < 1.29 is 4.92 Å². The van der Waals surface area contributed by atoms with Gasteiger partial charge in [-0.1, -0.05) is 30.3 Å². The van der Waals surface area contributed by atoms with Crippen molar-refractivity contribution in [3.63, 3.8) is 0 Å². The second-order valence-corrected chi connectivity index (χ2v) is 4.88. The summed E-state index contributed by atoms with van der Waals surface area (Å²) in [5.41, 5.74) is 4.22. The minimum absolute atomic E-state index is 0.125. The van der Waals surface area contributed by atoms with Crippen molar-refractivity contribution in [2.24, 2.45) is 0 Å². The number of rotatable bonds is 5. The van der Waals surface area contributed by atoms with E-state index in [0.29, 0.717) is 12.2 Å². The molecular weight excluding hydrogens is 252 g/mol.